The number of ether oxygens (including phenoxy) is 1. The second-order valence-corrected chi connectivity index (χ2v) is 6.16. The molecule has 102 valence electrons. The second-order valence-electron chi connectivity index (χ2n) is 4.31. The molecule has 1 N–H and O–H groups in total. The Morgan fingerprint density at radius 2 is 2.00 bits per heavy atom. The zero-order valence-electron chi connectivity index (χ0n) is 10.9. The number of hydrogen-bond acceptors (Lipinski definition) is 4. The van der Waals surface area contributed by atoms with Crippen molar-refractivity contribution in [2.45, 2.75) is 6.54 Å². The van der Waals surface area contributed by atoms with Crippen LogP contribution in [0.2, 0.25) is 0 Å². The first-order valence-corrected chi connectivity index (χ1v) is 7.79. The fraction of sp³-hybridized carbons (Fsp3) is 0.133. The van der Waals surface area contributed by atoms with E-state index in [2.05, 4.69) is 38.4 Å². The van der Waals surface area contributed by atoms with E-state index in [0.717, 1.165) is 27.4 Å². The maximum Gasteiger partial charge on any atom is 0.184 e. The van der Waals surface area contributed by atoms with E-state index in [4.69, 9.17) is 4.74 Å². The average molecular weight is 349 g/mol. The lowest BCUT2D eigenvalue weighted by Gasteiger charge is -2.04. The zero-order valence-corrected chi connectivity index (χ0v) is 13.3. The average Bonchev–Trinajstić information content (AvgIpc) is 2.90. The van der Waals surface area contributed by atoms with Crippen molar-refractivity contribution in [2.75, 3.05) is 12.4 Å². The Labute approximate surface area is 129 Å². The molecule has 0 aliphatic heterocycles. The molecular formula is C15H13BrN2OS. The largest absolute Gasteiger partial charge is 0.497 e. The van der Waals surface area contributed by atoms with Gasteiger partial charge in [0.1, 0.15) is 5.75 Å². The van der Waals surface area contributed by atoms with E-state index >= 15 is 0 Å². The number of fused-ring (bicyclic) bond motifs is 1. The Morgan fingerprint density at radius 3 is 2.70 bits per heavy atom. The van der Waals surface area contributed by atoms with Crippen LogP contribution in [0.5, 0.6) is 5.75 Å². The molecule has 0 radical (unpaired) electrons. The molecule has 5 heteroatoms. The summed E-state index contributed by atoms with van der Waals surface area (Å²) in [5.74, 6) is 0.873. The maximum atomic E-state index is 5.15. The van der Waals surface area contributed by atoms with Crippen LogP contribution < -0.4 is 10.1 Å². The number of hydrogen-bond donors (Lipinski definition) is 1. The van der Waals surface area contributed by atoms with Crippen LogP contribution in [0.15, 0.2) is 46.9 Å². The third-order valence-corrected chi connectivity index (χ3v) is 4.96. The van der Waals surface area contributed by atoms with E-state index in [1.165, 1.54) is 10.3 Å². The lowest BCUT2D eigenvalue weighted by atomic mass is 10.2. The number of nitrogens with zero attached hydrogens (tertiary/aromatic N) is 1. The molecule has 0 saturated heterocycles. The van der Waals surface area contributed by atoms with E-state index in [1.807, 2.05) is 30.3 Å². The van der Waals surface area contributed by atoms with Gasteiger partial charge in [-0.1, -0.05) is 29.5 Å². The Hall–Kier alpha value is -1.59. The third kappa shape index (κ3) is 2.78. The molecule has 0 spiro atoms. The van der Waals surface area contributed by atoms with Crippen LogP contribution in [0, 0.1) is 0 Å². The molecule has 0 atom stereocenters. The fourth-order valence-electron chi connectivity index (χ4n) is 1.91. The third-order valence-electron chi connectivity index (χ3n) is 2.97. The van der Waals surface area contributed by atoms with Gasteiger partial charge in [-0.05, 0) is 45.8 Å². The van der Waals surface area contributed by atoms with Crippen LogP contribution in [-0.4, -0.2) is 12.1 Å². The fourth-order valence-corrected chi connectivity index (χ4v) is 3.38. The van der Waals surface area contributed by atoms with Crippen LogP contribution in [-0.2, 0) is 6.54 Å². The lowest BCUT2D eigenvalue weighted by Crippen LogP contribution is -1.98. The first kappa shape index (κ1) is 13.4. The van der Waals surface area contributed by atoms with Crippen molar-refractivity contribution in [2.24, 2.45) is 0 Å². The second kappa shape index (κ2) is 5.81. The molecule has 2 aromatic carbocycles. The Morgan fingerprint density at radius 1 is 1.20 bits per heavy atom. The molecule has 1 heterocycles. The van der Waals surface area contributed by atoms with Gasteiger partial charge in [0.05, 0.1) is 17.3 Å². The Bertz CT molecular complexity index is 724. The highest BCUT2D eigenvalue weighted by atomic mass is 79.9. The van der Waals surface area contributed by atoms with Gasteiger partial charge >= 0.3 is 0 Å². The van der Waals surface area contributed by atoms with E-state index in [9.17, 15) is 0 Å². The molecule has 0 aliphatic rings. The predicted octanol–water partition coefficient (Wildman–Crippen LogP) is 4.68. The highest BCUT2D eigenvalue weighted by Crippen LogP contribution is 2.32. The van der Waals surface area contributed by atoms with Crippen molar-refractivity contribution >= 4 is 42.6 Å². The summed E-state index contributed by atoms with van der Waals surface area (Å²) in [7, 11) is 1.67. The number of thiazole rings is 1. The Balaban J connectivity index is 1.74. The number of nitrogens with one attached hydrogen (secondary N) is 1. The SMILES string of the molecule is COc1ccc(CNc2nc3cccc(Br)c3s2)cc1. The molecule has 0 unspecified atom stereocenters. The molecule has 3 aromatic rings. The summed E-state index contributed by atoms with van der Waals surface area (Å²) in [6, 6.07) is 14.1. The minimum atomic E-state index is 0.751. The van der Waals surface area contributed by atoms with Crippen LogP contribution in [0.1, 0.15) is 5.56 Å². The van der Waals surface area contributed by atoms with Gasteiger partial charge in [-0.25, -0.2) is 4.98 Å². The highest BCUT2D eigenvalue weighted by Gasteiger charge is 2.06. The molecule has 0 saturated carbocycles. The van der Waals surface area contributed by atoms with Crippen molar-refractivity contribution in [1.82, 2.24) is 4.98 Å². The minimum Gasteiger partial charge on any atom is -0.497 e. The van der Waals surface area contributed by atoms with Gasteiger partial charge in [-0.3, -0.25) is 0 Å². The van der Waals surface area contributed by atoms with Crippen LogP contribution >= 0.6 is 27.3 Å². The Kier molecular flexibility index (Phi) is 3.89. The van der Waals surface area contributed by atoms with Gasteiger partial charge < -0.3 is 10.1 Å². The summed E-state index contributed by atoms with van der Waals surface area (Å²) in [4.78, 5) is 4.58. The van der Waals surface area contributed by atoms with E-state index < -0.39 is 0 Å². The van der Waals surface area contributed by atoms with E-state index in [1.54, 1.807) is 18.4 Å². The summed E-state index contributed by atoms with van der Waals surface area (Å²) in [5, 5.41) is 4.29. The number of rotatable bonds is 4. The van der Waals surface area contributed by atoms with Gasteiger partial charge in [-0.15, -0.1) is 0 Å². The first-order valence-electron chi connectivity index (χ1n) is 6.18. The molecule has 0 amide bonds. The predicted molar refractivity (Wildman–Crippen MR) is 87.6 cm³/mol. The van der Waals surface area contributed by atoms with Crippen molar-refractivity contribution in [3.8, 4) is 5.75 Å². The van der Waals surface area contributed by atoms with Gasteiger partial charge in [0.25, 0.3) is 0 Å². The van der Waals surface area contributed by atoms with Crippen molar-refractivity contribution < 1.29 is 4.74 Å². The van der Waals surface area contributed by atoms with Crippen LogP contribution in [0.4, 0.5) is 5.13 Å². The summed E-state index contributed by atoms with van der Waals surface area (Å²) in [6.45, 7) is 0.751. The first-order chi connectivity index (χ1) is 9.76. The maximum absolute atomic E-state index is 5.15. The minimum absolute atomic E-state index is 0.751. The molecule has 0 bridgehead atoms. The molecular weight excluding hydrogens is 336 g/mol. The van der Waals surface area contributed by atoms with Gasteiger partial charge in [-0.2, -0.15) is 0 Å². The van der Waals surface area contributed by atoms with Gasteiger partial charge in [0, 0.05) is 11.0 Å². The van der Waals surface area contributed by atoms with Crippen molar-refractivity contribution in [3.63, 3.8) is 0 Å². The quantitative estimate of drug-likeness (QED) is 0.743. The zero-order chi connectivity index (χ0) is 13.9. The van der Waals surface area contributed by atoms with Gasteiger partial charge in [0.15, 0.2) is 5.13 Å². The number of halogens is 1. The number of anilines is 1. The normalized spacial score (nSPS) is 10.7. The number of aromatic nitrogens is 1. The lowest BCUT2D eigenvalue weighted by molar-refractivity contribution is 0.414. The molecule has 1 aromatic heterocycles. The summed E-state index contributed by atoms with van der Waals surface area (Å²) in [5.41, 5.74) is 2.21. The number of methoxy groups -OCH3 is 1. The number of benzene rings is 2. The summed E-state index contributed by atoms with van der Waals surface area (Å²) >= 11 is 5.21. The van der Waals surface area contributed by atoms with E-state index in [-0.39, 0.29) is 0 Å². The molecule has 20 heavy (non-hydrogen) atoms. The smallest absolute Gasteiger partial charge is 0.184 e. The molecule has 0 fully saturated rings. The van der Waals surface area contributed by atoms with Crippen molar-refractivity contribution in [3.05, 3.63) is 52.5 Å². The van der Waals surface area contributed by atoms with Crippen molar-refractivity contribution in [1.29, 1.82) is 0 Å². The van der Waals surface area contributed by atoms with Gasteiger partial charge in [0.2, 0.25) is 0 Å². The van der Waals surface area contributed by atoms with Crippen LogP contribution in [0.25, 0.3) is 10.2 Å². The van der Waals surface area contributed by atoms with Crippen LogP contribution in [0.3, 0.4) is 0 Å². The standard InChI is InChI=1S/C15H13BrN2OS/c1-19-11-7-5-10(6-8-11)9-17-15-18-13-4-2-3-12(16)14(13)20-15/h2-8H,9H2,1H3,(H,17,18). The molecule has 3 rings (SSSR count). The highest BCUT2D eigenvalue weighted by molar-refractivity contribution is 9.10. The summed E-state index contributed by atoms with van der Waals surface area (Å²) in [6.07, 6.45) is 0. The summed E-state index contributed by atoms with van der Waals surface area (Å²) < 4.78 is 7.41. The molecule has 3 nitrogen and oxygen atoms in total. The monoisotopic (exact) mass is 348 g/mol. The molecule has 0 aliphatic carbocycles. The van der Waals surface area contributed by atoms with E-state index in [0.29, 0.717) is 0 Å². The topological polar surface area (TPSA) is 34.1 Å².